The first kappa shape index (κ1) is 12.4. The van der Waals surface area contributed by atoms with E-state index in [0.717, 1.165) is 23.6 Å². The van der Waals surface area contributed by atoms with Crippen LogP contribution in [0.3, 0.4) is 0 Å². The fourth-order valence-corrected chi connectivity index (χ4v) is 2.49. The Morgan fingerprint density at radius 1 is 1.41 bits per heavy atom. The summed E-state index contributed by atoms with van der Waals surface area (Å²) in [6.45, 7) is 1.61. The van der Waals surface area contributed by atoms with E-state index >= 15 is 0 Å². The number of hydrogen-bond acceptors (Lipinski definition) is 3. The van der Waals surface area contributed by atoms with Gasteiger partial charge < -0.3 is 10.1 Å². The quantitative estimate of drug-likeness (QED) is 0.822. The van der Waals surface area contributed by atoms with Crippen LogP contribution in [-0.4, -0.2) is 26.2 Å². The van der Waals surface area contributed by atoms with Gasteiger partial charge in [-0.05, 0) is 36.6 Å². The van der Waals surface area contributed by atoms with Crippen LogP contribution in [0.2, 0.25) is 5.02 Å². The lowest BCUT2D eigenvalue weighted by molar-refractivity contribution is -0.146. The van der Waals surface area contributed by atoms with E-state index in [9.17, 15) is 4.79 Å². The summed E-state index contributed by atoms with van der Waals surface area (Å²) in [6.07, 6.45) is 0.946. The number of carbonyl (C=O) groups excluding carboxylic acids is 1. The van der Waals surface area contributed by atoms with Crippen molar-refractivity contribution < 1.29 is 9.53 Å². The molecule has 1 fully saturated rings. The third-order valence-electron chi connectivity index (χ3n) is 3.28. The van der Waals surface area contributed by atoms with Crippen LogP contribution in [0, 0.1) is 5.92 Å². The molecule has 2 rings (SSSR count). The zero-order valence-corrected chi connectivity index (χ0v) is 10.5. The number of benzene rings is 1. The first-order valence-electron chi connectivity index (χ1n) is 5.76. The monoisotopic (exact) mass is 253 g/mol. The standard InChI is InChI=1S/C13H16ClNO2/c1-17-13(16)12-8-15-7-6-11(12)9-2-4-10(14)5-3-9/h2-5,11-12,15H,6-8H2,1H3/t11-,12-/m1/s1. The van der Waals surface area contributed by atoms with E-state index in [2.05, 4.69) is 5.32 Å². The average Bonchev–Trinajstić information content (AvgIpc) is 2.39. The van der Waals surface area contributed by atoms with Crippen molar-refractivity contribution in [2.45, 2.75) is 12.3 Å². The van der Waals surface area contributed by atoms with Gasteiger partial charge in [0.25, 0.3) is 0 Å². The van der Waals surface area contributed by atoms with Gasteiger partial charge in [0, 0.05) is 11.6 Å². The van der Waals surface area contributed by atoms with Crippen molar-refractivity contribution >= 4 is 17.6 Å². The highest BCUT2D eigenvalue weighted by Crippen LogP contribution is 2.31. The van der Waals surface area contributed by atoms with E-state index in [0.29, 0.717) is 6.54 Å². The van der Waals surface area contributed by atoms with Gasteiger partial charge in [0.1, 0.15) is 0 Å². The van der Waals surface area contributed by atoms with E-state index in [1.807, 2.05) is 24.3 Å². The van der Waals surface area contributed by atoms with Crippen LogP contribution < -0.4 is 5.32 Å². The molecule has 1 aromatic carbocycles. The summed E-state index contributed by atoms with van der Waals surface area (Å²) in [6, 6.07) is 7.73. The van der Waals surface area contributed by atoms with Gasteiger partial charge >= 0.3 is 5.97 Å². The van der Waals surface area contributed by atoms with Gasteiger partial charge in [0.2, 0.25) is 0 Å². The van der Waals surface area contributed by atoms with E-state index in [4.69, 9.17) is 16.3 Å². The molecule has 3 nitrogen and oxygen atoms in total. The Hall–Kier alpha value is -1.06. The Morgan fingerprint density at radius 2 is 2.12 bits per heavy atom. The topological polar surface area (TPSA) is 38.3 Å². The molecule has 0 aromatic heterocycles. The molecule has 1 aromatic rings. The summed E-state index contributed by atoms with van der Waals surface area (Å²) < 4.78 is 4.86. The lowest BCUT2D eigenvalue weighted by Crippen LogP contribution is -2.40. The van der Waals surface area contributed by atoms with Gasteiger partial charge in [-0.3, -0.25) is 4.79 Å². The van der Waals surface area contributed by atoms with Crippen molar-refractivity contribution in [3.05, 3.63) is 34.9 Å². The van der Waals surface area contributed by atoms with Gasteiger partial charge in [0.15, 0.2) is 0 Å². The number of hydrogen-bond donors (Lipinski definition) is 1. The van der Waals surface area contributed by atoms with Crippen molar-refractivity contribution in [3.8, 4) is 0 Å². The van der Waals surface area contributed by atoms with Crippen LogP contribution in [0.1, 0.15) is 17.9 Å². The van der Waals surface area contributed by atoms with Crippen molar-refractivity contribution in [2.24, 2.45) is 5.92 Å². The Balaban J connectivity index is 2.21. The van der Waals surface area contributed by atoms with Gasteiger partial charge in [-0.15, -0.1) is 0 Å². The summed E-state index contributed by atoms with van der Waals surface area (Å²) >= 11 is 5.87. The number of rotatable bonds is 2. The molecule has 0 spiro atoms. The molecule has 1 aliphatic heterocycles. The highest BCUT2D eigenvalue weighted by Gasteiger charge is 2.32. The lowest BCUT2D eigenvalue weighted by atomic mass is 9.81. The van der Waals surface area contributed by atoms with E-state index in [1.165, 1.54) is 7.11 Å². The van der Waals surface area contributed by atoms with Gasteiger partial charge in [-0.25, -0.2) is 0 Å². The molecule has 1 saturated heterocycles. The molecule has 0 amide bonds. The SMILES string of the molecule is COC(=O)[C@@H]1CNCC[C@@H]1c1ccc(Cl)cc1. The van der Waals surface area contributed by atoms with E-state index < -0.39 is 0 Å². The van der Waals surface area contributed by atoms with Gasteiger partial charge in [-0.1, -0.05) is 23.7 Å². The number of ether oxygens (including phenoxy) is 1. The smallest absolute Gasteiger partial charge is 0.310 e. The molecule has 4 heteroatoms. The number of carbonyl (C=O) groups is 1. The van der Waals surface area contributed by atoms with Crippen LogP contribution >= 0.6 is 11.6 Å². The number of piperidine rings is 1. The zero-order valence-electron chi connectivity index (χ0n) is 9.78. The van der Waals surface area contributed by atoms with Crippen LogP contribution in [0.4, 0.5) is 0 Å². The van der Waals surface area contributed by atoms with Crippen molar-refractivity contribution in [2.75, 3.05) is 20.2 Å². The summed E-state index contributed by atoms with van der Waals surface area (Å²) in [5, 5.41) is 3.95. The maximum atomic E-state index is 11.7. The van der Waals surface area contributed by atoms with Crippen LogP contribution in [0.15, 0.2) is 24.3 Å². The minimum atomic E-state index is -0.142. The first-order chi connectivity index (χ1) is 8.22. The summed E-state index contributed by atoms with van der Waals surface area (Å²) in [5.41, 5.74) is 1.16. The molecule has 0 radical (unpaired) electrons. The molecular formula is C13H16ClNO2. The Bertz CT molecular complexity index is 391. The van der Waals surface area contributed by atoms with Crippen molar-refractivity contribution in [1.82, 2.24) is 5.32 Å². The Kier molecular flexibility index (Phi) is 4.02. The fraction of sp³-hybridized carbons (Fsp3) is 0.462. The maximum Gasteiger partial charge on any atom is 0.310 e. The number of nitrogens with one attached hydrogen (secondary N) is 1. The normalized spacial score (nSPS) is 24.4. The molecule has 92 valence electrons. The van der Waals surface area contributed by atoms with Crippen molar-refractivity contribution in [3.63, 3.8) is 0 Å². The second kappa shape index (κ2) is 5.52. The van der Waals surface area contributed by atoms with Gasteiger partial charge in [-0.2, -0.15) is 0 Å². The summed E-state index contributed by atoms with van der Waals surface area (Å²) in [4.78, 5) is 11.7. The molecule has 1 N–H and O–H groups in total. The number of esters is 1. The molecule has 0 saturated carbocycles. The number of methoxy groups -OCH3 is 1. The minimum absolute atomic E-state index is 0.102. The third kappa shape index (κ3) is 2.79. The summed E-state index contributed by atoms with van der Waals surface area (Å²) in [7, 11) is 1.44. The predicted molar refractivity (Wildman–Crippen MR) is 67.2 cm³/mol. The predicted octanol–water partition coefficient (Wildman–Crippen LogP) is 2.21. The molecule has 1 aliphatic rings. The molecule has 17 heavy (non-hydrogen) atoms. The highest BCUT2D eigenvalue weighted by atomic mass is 35.5. The third-order valence-corrected chi connectivity index (χ3v) is 3.54. The van der Waals surface area contributed by atoms with Crippen LogP contribution in [-0.2, 0) is 9.53 Å². The van der Waals surface area contributed by atoms with Crippen LogP contribution in [0.25, 0.3) is 0 Å². The minimum Gasteiger partial charge on any atom is -0.469 e. The maximum absolute atomic E-state index is 11.7. The van der Waals surface area contributed by atoms with E-state index in [-0.39, 0.29) is 17.8 Å². The average molecular weight is 254 g/mol. The molecule has 0 unspecified atom stereocenters. The molecule has 1 heterocycles. The van der Waals surface area contributed by atoms with Crippen molar-refractivity contribution in [1.29, 1.82) is 0 Å². The molecule has 0 bridgehead atoms. The zero-order chi connectivity index (χ0) is 12.3. The largest absolute Gasteiger partial charge is 0.469 e. The second-order valence-corrected chi connectivity index (χ2v) is 4.72. The molecule has 2 atom stereocenters. The Morgan fingerprint density at radius 3 is 2.76 bits per heavy atom. The summed E-state index contributed by atoms with van der Waals surface area (Å²) in [5.74, 6) is -0.0203. The Labute approximate surface area is 106 Å². The lowest BCUT2D eigenvalue weighted by Gasteiger charge is -2.30. The molecular weight excluding hydrogens is 238 g/mol. The van der Waals surface area contributed by atoms with Crippen LogP contribution in [0.5, 0.6) is 0 Å². The molecule has 0 aliphatic carbocycles. The fourth-order valence-electron chi connectivity index (χ4n) is 2.37. The van der Waals surface area contributed by atoms with Gasteiger partial charge in [0.05, 0.1) is 13.0 Å². The first-order valence-corrected chi connectivity index (χ1v) is 6.14. The highest BCUT2D eigenvalue weighted by molar-refractivity contribution is 6.30. The second-order valence-electron chi connectivity index (χ2n) is 4.28. The number of halogens is 1. The van der Waals surface area contributed by atoms with E-state index in [1.54, 1.807) is 0 Å².